The van der Waals surface area contributed by atoms with E-state index in [0.29, 0.717) is 22.5 Å². The highest BCUT2D eigenvalue weighted by atomic mass is 16.5. The second kappa shape index (κ2) is 7.70. The number of carbonyl (C=O) groups excluding carboxylic acids is 3. The predicted octanol–water partition coefficient (Wildman–Crippen LogP) is 2.34. The molecule has 0 aromatic heterocycles. The maximum absolute atomic E-state index is 12.5. The molecule has 3 rings (SSSR count). The Bertz CT molecular complexity index is 948. The van der Waals surface area contributed by atoms with Crippen LogP contribution in [0.1, 0.15) is 22.3 Å². The van der Waals surface area contributed by atoms with Gasteiger partial charge in [-0.25, -0.2) is 4.79 Å². The molecule has 1 fully saturated rings. The van der Waals surface area contributed by atoms with E-state index in [1.807, 2.05) is 6.07 Å². The third-order valence-electron chi connectivity index (χ3n) is 4.33. The van der Waals surface area contributed by atoms with Gasteiger partial charge in [0.05, 0.1) is 30.2 Å². The van der Waals surface area contributed by atoms with Crippen LogP contribution in [0.4, 0.5) is 11.4 Å². The molecule has 1 unspecified atom stereocenters. The van der Waals surface area contributed by atoms with Gasteiger partial charge in [-0.3, -0.25) is 9.59 Å². The largest absolute Gasteiger partial charge is 0.465 e. The third-order valence-corrected chi connectivity index (χ3v) is 4.33. The fourth-order valence-electron chi connectivity index (χ4n) is 2.96. The van der Waals surface area contributed by atoms with Crippen molar-refractivity contribution in [1.29, 1.82) is 5.26 Å². The Morgan fingerprint density at radius 1 is 1.22 bits per heavy atom. The summed E-state index contributed by atoms with van der Waals surface area (Å²) in [4.78, 5) is 38.1. The van der Waals surface area contributed by atoms with Crippen molar-refractivity contribution in [3.63, 3.8) is 0 Å². The fraction of sp³-hybridized carbons (Fsp3) is 0.200. The van der Waals surface area contributed by atoms with Gasteiger partial charge in [0.2, 0.25) is 11.8 Å². The zero-order chi connectivity index (χ0) is 19.4. The van der Waals surface area contributed by atoms with E-state index in [9.17, 15) is 14.4 Å². The summed E-state index contributed by atoms with van der Waals surface area (Å²) < 4.78 is 4.70. The number of nitrogens with one attached hydrogen (secondary N) is 1. The van der Waals surface area contributed by atoms with Crippen LogP contribution < -0.4 is 10.2 Å². The van der Waals surface area contributed by atoms with E-state index in [4.69, 9.17) is 10.00 Å². The van der Waals surface area contributed by atoms with Crippen molar-refractivity contribution >= 4 is 29.2 Å². The lowest BCUT2D eigenvalue weighted by atomic mass is 10.1. The molecule has 2 aromatic carbocycles. The minimum atomic E-state index is -0.523. The van der Waals surface area contributed by atoms with Gasteiger partial charge in [0, 0.05) is 24.3 Å². The Morgan fingerprint density at radius 3 is 2.74 bits per heavy atom. The number of nitrogens with zero attached hydrogens (tertiary/aromatic N) is 2. The Kier molecular flexibility index (Phi) is 5.18. The van der Waals surface area contributed by atoms with Crippen molar-refractivity contribution in [2.75, 3.05) is 23.9 Å². The van der Waals surface area contributed by atoms with Crippen LogP contribution in [0.25, 0.3) is 0 Å². The molecular formula is C20H17N3O4. The molecule has 0 saturated carbocycles. The number of carbonyl (C=O) groups is 3. The summed E-state index contributed by atoms with van der Waals surface area (Å²) in [6.07, 6.45) is 0.0756. The zero-order valence-electron chi connectivity index (χ0n) is 14.6. The second-order valence-electron chi connectivity index (χ2n) is 6.13. The number of anilines is 2. The Morgan fingerprint density at radius 2 is 2.00 bits per heavy atom. The molecule has 1 atom stereocenters. The lowest BCUT2D eigenvalue weighted by Gasteiger charge is -2.17. The third kappa shape index (κ3) is 3.96. The normalized spacial score (nSPS) is 15.9. The maximum atomic E-state index is 12.5. The highest BCUT2D eigenvalue weighted by Crippen LogP contribution is 2.27. The van der Waals surface area contributed by atoms with Crippen LogP contribution in [0, 0.1) is 17.2 Å². The standard InChI is InChI=1S/C20H17N3O4/c1-27-20(26)14-5-3-7-17(9-14)23-12-15(10-18(23)24)19(25)22-16-6-2-4-13(8-16)11-21/h2-9,15H,10,12H2,1H3,(H,22,25). The molecule has 1 aliphatic heterocycles. The zero-order valence-corrected chi connectivity index (χ0v) is 14.6. The van der Waals surface area contributed by atoms with Crippen LogP contribution in [0.5, 0.6) is 0 Å². The summed E-state index contributed by atoms with van der Waals surface area (Å²) in [5.74, 6) is -1.49. The monoisotopic (exact) mass is 363 g/mol. The first-order valence-electron chi connectivity index (χ1n) is 8.31. The smallest absolute Gasteiger partial charge is 0.337 e. The number of hydrogen-bond donors (Lipinski definition) is 1. The predicted molar refractivity (Wildman–Crippen MR) is 98.0 cm³/mol. The number of ether oxygens (including phenoxy) is 1. The van der Waals surface area contributed by atoms with Gasteiger partial charge in [-0.05, 0) is 36.4 Å². The fourth-order valence-corrected chi connectivity index (χ4v) is 2.96. The molecule has 2 aromatic rings. The summed E-state index contributed by atoms with van der Waals surface area (Å²) in [6, 6.07) is 15.1. The first kappa shape index (κ1) is 18.1. The van der Waals surface area contributed by atoms with E-state index in [1.54, 1.807) is 48.5 Å². The quantitative estimate of drug-likeness (QED) is 0.841. The molecule has 1 saturated heterocycles. The van der Waals surface area contributed by atoms with Gasteiger partial charge < -0.3 is 15.0 Å². The molecule has 7 nitrogen and oxygen atoms in total. The number of esters is 1. The maximum Gasteiger partial charge on any atom is 0.337 e. The minimum Gasteiger partial charge on any atom is -0.465 e. The van der Waals surface area contributed by atoms with E-state index < -0.39 is 11.9 Å². The molecule has 0 aliphatic carbocycles. The molecule has 1 N–H and O–H groups in total. The highest BCUT2D eigenvalue weighted by molar-refractivity contribution is 6.04. The van der Waals surface area contributed by atoms with Gasteiger partial charge in [-0.15, -0.1) is 0 Å². The lowest BCUT2D eigenvalue weighted by molar-refractivity contribution is -0.122. The number of benzene rings is 2. The van der Waals surface area contributed by atoms with Crippen molar-refractivity contribution in [2.45, 2.75) is 6.42 Å². The van der Waals surface area contributed by atoms with Crippen LogP contribution in [0.2, 0.25) is 0 Å². The van der Waals surface area contributed by atoms with E-state index in [-0.39, 0.29) is 24.8 Å². The van der Waals surface area contributed by atoms with Crippen molar-refractivity contribution < 1.29 is 19.1 Å². The SMILES string of the molecule is COC(=O)c1cccc(N2CC(C(=O)Nc3cccc(C#N)c3)CC2=O)c1. The van der Waals surface area contributed by atoms with Gasteiger partial charge in [0.25, 0.3) is 0 Å². The van der Waals surface area contributed by atoms with Crippen molar-refractivity contribution in [2.24, 2.45) is 5.92 Å². The number of amides is 2. The van der Waals surface area contributed by atoms with E-state index in [2.05, 4.69) is 5.32 Å². The molecule has 1 aliphatic rings. The average Bonchev–Trinajstić information content (AvgIpc) is 3.09. The van der Waals surface area contributed by atoms with Gasteiger partial charge in [-0.2, -0.15) is 5.26 Å². The summed E-state index contributed by atoms with van der Waals surface area (Å²) >= 11 is 0. The van der Waals surface area contributed by atoms with E-state index in [0.717, 1.165) is 0 Å². The molecule has 136 valence electrons. The first-order chi connectivity index (χ1) is 13.0. The van der Waals surface area contributed by atoms with Crippen molar-refractivity contribution in [3.8, 4) is 6.07 Å². The Hall–Kier alpha value is -3.66. The van der Waals surface area contributed by atoms with Gasteiger partial charge in [-0.1, -0.05) is 12.1 Å². The summed E-state index contributed by atoms with van der Waals surface area (Å²) in [5, 5.41) is 11.7. The van der Waals surface area contributed by atoms with Gasteiger partial charge in [0.1, 0.15) is 0 Å². The minimum absolute atomic E-state index is 0.0756. The summed E-state index contributed by atoms with van der Waals surface area (Å²) in [7, 11) is 1.29. The van der Waals surface area contributed by atoms with Gasteiger partial charge >= 0.3 is 5.97 Å². The van der Waals surface area contributed by atoms with Crippen LogP contribution in [0.3, 0.4) is 0 Å². The van der Waals surface area contributed by atoms with Crippen LogP contribution >= 0.6 is 0 Å². The number of hydrogen-bond acceptors (Lipinski definition) is 5. The van der Waals surface area contributed by atoms with Crippen LogP contribution in [-0.4, -0.2) is 31.4 Å². The van der Waals surface area contributed by atoms with E-state index >= 15 is 0 Å². The molecule has 0 radical (unpaired) electrons. The highest BCUT2D eigenvalue weighted by Gasteiger charge is 2.35. The molecule has 0 bridgehead atoms. The van der Waals surface area contributed by atoms with Crippen molar-refractivity contribution in [1.82, 2.24) is 0 Å². The van der Waals surface area contributed by atoms with Crippen LogP contribution in [-0.2, 0) is 14.3 Å². The average molecular weight is 363 g/mol. The Labute approximate surface area is 156 Å². The topological polar surface area (TPSA) is 99.5 Å². The molecule has 2 amide bonds. The molecule has 1 heterocycles. The number of rotatable bonds is 4. The van der Waals surface area contributed by atoms with Crippen LogP contribution in [0.15, 0.2) is 48.5 Å². The summed E-state index contributed by atoms with van der Waals surface area (Å²) in [6.45, 7) is 0.216. The summed E-state index contributed by atoms with van der Waals surface area (Å²) in [5.41, 5.74) is 1.84. The molecule has 27 heavy (non-hydrogen) atoms. The molecule has 7 heteroatoms. The first-order valence-corrected chi connectivity index (χ1v) is 8.31. The van der Waals surface area contributed by atoms with Crippen molar-refractivity contribution in [3.05, 3.63) is 59.7 Å². The number of methoxy groups -OCH3 is 1. The number of nitriles is 1. The van der Waals surface area contributed by atoms with Gasteiger partial charge in [0.15, 0.2) is 0 Å². The molecule has 0 spiro atoms. The lowest BCUT2D eigenvalue weighted by Crippen LogP contribution is -2.28. The second-order valence-corrected chi connectivity index (χ2v) is 6.13. The van der Waals surface area contributed by atoms with E-state index in [1.165, 1.54) is 12.0 Å². The molecular weight excluding hydrogens is 346 g/mol. The Balaban J connectivity index is 1.72.